The summed E-state index contributed by atoms with van der Waals surface area (Å²) in [6, 6.07) is 10.6. The number of anilines is 1. The highest BCUT2D eigenvalue weighted by Gasteiger charge is 2.20. The molecule has 148 valence electrons. The highest BCUT2D eigenvalue weighted by Crippen LogP contribution is 2.12. The van der Waals surface area contributed by atoms with Gasteiger partial charge in [0.05, 0.1) is 19.1 Å². The van der Waals surface area contributed by atoms with Gasteiger partial charge in [0.2, 0.25) is 5.91 Å². The lowest BCUT2D eigenvalue weighted by Gasteiger charge is -2.21. The number of aliphatic hydroxyl groups is 1. The lowest BCUT2D eigenvalue weighted by Crippen LogP contribution is -2.50. The van der Waals surface area contributed by atoms with Crippen LogP contribution in [-0.4, -0.2) is 35.5 Å². The second kappa shape index (κ2) is 10.4. The van der Waals surface area contributed by atoms with Gasteiger partial charge >= 0.3 is 6.03 Å². The molecule has 2 aromatic rings. The number of hydrogen-bond acceptors (Lipinski definition) is 4. The molecule has 0 aliphatic rings. The molecule has 0 radical (unpaired) electrons. The number of carbonyl (C=O) groups is 2. The number of halogens is 2. The van der Waals surface area contributed by atoms with E-state index >= 15 is 0 Å². The predicted octanol–water partition coefficient (Wildman–Crippen LogP) is 2.69. The lowest BCUT2D eigenvalue weighted by molar-refractivity contribution is -0.120. The highest BCUT2D eigenvalue weighted by molar-refractivity contribution is 6.30. The molecule has 0 aliphatic carbocycles. The van der Waals surface area contributed by atoms with Crippen molar-refractivity contribution in [2.75, 3.05) is 11.9 Å². The molecule has 28 heavy (non-hydrogen) atoms. The molecule has 0 fully saturated rings. The molecule has 0 saturated carbocycles. The van der Waals surface area contributed by atoms with E-state index in [1.165, 1.54) is 24.3 Å². The molecule has 0 aliphatic heterocycles. The van der Waals surface area contributed by atoms with E-state index in [-0.39, 0.29) is 25.3 Å². The zero-order valence-electron chi connectivity index (χ0n) is 14.8. The Balaban J connectivity index is 2.08. The van der Waals surface area contributed by atoms with Crippen LogP contribution in [-0.2, 0) is 11.2 Å². The van der Waals surface area contributed by atoms with Crippen LogP contribution < -0.4 is 16.0 Å². The van der Waals surface area contributed by atoms with Crippen LogP contribution in [0.25, 0.3) is 0 Å². The average Bonchev–Trinajstić information content (AvgIpc) is 2.65. The van der Waals surface area contributed by atoms with E-state index in [4.69, 9.17) is 22.1 Å². The molecular formula is C19H20ClFN4O3. The third-order valence-corrected chi connectivity index (χ3v) is 3.97. The van der Waals surface area contributed by atoms with Crippen LogP contribution in [0, 0.1) is 11.2 Å². The Morgan fingerprint density at radius 3 is 2.36 bits per heavy atom. The largest absolute Gasteiger partial charge is 0.396 e. The number of aliphatic hydroxyl groups excluding tert-OH is 1. The number of rotatable bonds is 7. The Labute approximate surface area is 166 Å². The van der Waals surface area contributed by atoms with E-state index in [0.29, 0.717) is 10.7 Å². The molecule has 0 heterocycles. The number of benzene rings is 2. The first-order valence-electron chi connectivity index (χ1n) is 8.44. The van der Waals surface area contributed by atoms with E-state index in [1.807, 2.05) is 0 Å². The molecular weight excluding hydrogens is 387 g/mol. The maximum Gasteiger partial charge on any atom is 0.319 e. The normalized spacial score (nSPS) is 11.4. The van der Waals surface area contributed by atoms with Crippen LogP contribution >= 0.6 is 11.6 Å². The van der Waals surface area contributed by atoms with Crippen molar-refractivity contribution in [3.63, 3.8) is 0 Å². The number of hydrogen-bond donors (Lipinski definition) is 5. The molecule has 2 rings (SSSR count). The Kier molecular flexibility index (Phi) is 7.91. The lowest BCUT2D eigenvalue weighted by atomic mass is 10.0. The van der Waals surface area contributed by atoms with Crippen molar-refractivity contribution in [1.29, 1.82) is 5.41 Å². The number of carbonyl (C=O) groups excluding carboxylic acids is 2. The molecule has 0 spiro atoms. The zero-order chi connectivity index (χ0) is 20.5. The Hall–Kier alpha value is -2.97. The SMILES string of the molecule is N=C(NC(=O)CCO)[C@H](Cc1ccc(Cl)cc1)NC(=O)Nc1ccc(F)cc1. The monoisotopic (exact) mass is 406 g/mol. The summed E-state index contributed by atoms with van der Waals surface area (Å²) >= 11 is 5.87. The average molecular weight is 407 g/mol. The van der Waals surface area contributed by atoms with Gasteiger partial charge < -0.3 is 21.1 Å². The zero-order valence-corrected chi connectivity index (χ0v) is 15.6. The summed E-state index contributed by atoms with van der Waals surface area (Å²) in [5.41, 5.74) is 1.16. The molecule has 3 amide bonds. The van der Waals surface area contributed by atoms with Gasteiger partial charge in [-0.2, -0.15) is 0 Å². The first-order valence-corrected chi connectivity index (χ1v) is 8.82. The number of amides is 3. The molecule has 1 atom stereocenters. The van der Waals surface area contributed by atoms with E-state index < -0.39 is 23.8 Å². The summed E-state index contributed by atoms with van der Waals surface area (Å²) in [4.78, 5) is 24.0. The van der Waals surface area contributed by atoms with Crippen molar-refractivity contribution in [3.05, 3.63) is 64.9 Å². The van der Waals surface area contributed by atoms with E-state index in [2.05, 4.69) is 16.0 Å². The van der Waals surface area contributed by atoms with Crippen LogP contribution in [0.4, 0.5) is 14.9 Å². The third-order valence-electron chi connectivity index (χ3n) is 3.72. The molecule has 0 unspecified atom stereocenters. The Morgan fingerprint density at radius 1 is 1.11 bits per heavy atom. The summed E-state index contributed by atoms with van der Waals surface area (Å²) in [7, 11) is 0. The molecule has 5 N–H and O–H groups in total. The van der Waals surface area contributed by atoms with Crippen molar-refractivity contribution in [1.82, 2.24) is 10.6 Å². The van der Waals surface area contributed by atoms with E-state index in [9.17, 15) is 14.0 Å². The summed E-state index contributed by atoms with van der Waals surface area (Å²) in [6.07, 6.45) is 0.0735. The fraction of sp³-hybridized carbons (Fsp3) is 0.211. The second-order valence-corrected chi connectivity index (χ2v) is 6.36. The van der Waals surface area contributed by atoms with Crippen molar-refractivity contribution in [2.45, 2.75) is 18.9 Å². The van der Waals surface area contributed by atoms with Crippen molar-refractivity contribution >= 4 is 35.1 Å². The maximum atomic E-state index is 13.0. The first kappa shape index (κ1) is 21.3. The van der Waals surface area contributed by atoms with Gasteiger partial charge in [0.15, 0.2) is 0 Å². The number of amidine groups is 1. The Morgan fingerprint density at radius 2 is 1.75 bits per heavy atom. The van der Waals surface area contributed by atoms with Crippen LogP contribution in [0.1, 0.15) is 12.0 Å². The minimum absolute atomic E-state index is 0.155. The molecule has 2 aromatic carbocycles. The van der Waals surface area contributed by atoms with Gasteiger partial charge in [-0.1, -0.05) is 23.7 Å². The highest BCUT2D eigenvalue weighted by atomic mass is 35.5. The summed E-state index contributed by atoms with van der Waals surface area (Å²) in [5, 5.41) is 25.0. The summed E-state index contributed by atoms with van der Waals surface area (Å²) in [5.74, 6) is -1.18. The minimum Gasteiger partial charge on any atom is -0.396 e. The molecule has 0 aromatic heterocycles. The smallest absolute Gasteiger partial charge is 0.319 e. The van der Waals surface area contributed by atoms with Crippen LogP contribution in [0.5, 0.6) is 0 Å². The molecule has 7 nitrogen and oxygen atoms in total. The number of urea groups is 1. The maximum absolute atomic E-state index is 13.0. The number of nitrogens with one attached hydrogen (secondary N) is 4. The van der Waals surface area contributed by atoms with Gasteiger partial charge in [0.1, 0.15) is 11.7 Å². The van der Waals surface area contributed by atoms with Crippen LogP contribution in [0.3, 0.4) is 0 Å². The topological polar surface area (TPSA) is 114 Å². The molecule has 0 bridgehead atoms. The van der Waals surface area contributed by atoms with Gasteiger partial charge in [-0.15, -0.1) is 0 Å². The minimum atomic E-state index is -0.843. The fourth-order valence-electron chi connectivity index (χ4n) is 2.34. The predicted molar refractivity (Wildman–Crippen MR) is 105 cm³/mol. The van der Waals surface area contributed by atoms with E-state index in [1.54, 1.807) is 24.3 Å². The molecule has 0 saturated heterocycles. The first-order chi connectivity index (χ1) is 13.4. The fourth-order valence-corrected chi connectivity index (χ4v) is 2.47. The quantitative estimate of drug-likeness (QED) is 0.359. The van der Waals surface area contributed by atoms with Gasteiger partial charge in [0.25, 0.3) is 0 Å². The van der Waals surface area contributed by atoms with Gasteiger partial charge in [-0.25, -0.2) is 9.18 Å². The summed E-state index contributed by atoms with van der Waals surface area (Å²) < 4.78 is 13.0. The van der Waals surface area contributed by atoms with Gasteiger partial charge in [-0.3, -0.25) is 10.2 Å². The summed E-state index contributed by atoms with van der Waals surface area (Å²) in [6.45, 7) is -0.348. The van der Waals surface area contributed by atoms with Crippen molar-refractivity contribution < 1.29 is 19.1 Å². The molecule has 9 heteroatoms. The standard InChI is InChI=1S/C19H20ClFN4O3/c20-13-3-1-12(2-4-13)11-16(18(22)25-17(27)9-10-26)24-19(28)23-15-7-5-14(21)6-8-15/h1-8,16,26H,9-11H2,(H2,22,25,27)(H2,23,24,28)/t16-/m0/s1. The second-order valence-electron chi connectivity index (χ2n) is 5.92. The van der Waals surface area contributed by atoms with Gasteiger partial charge in [0, 0.05) is 10.7 Å². The van der Waals surface area contributed by atoms with Crippen LogP contribution in [0.15, 0.2) is 48.5 Å². The van der Waals surface area contributed by atoms with E-state index in [0.717, 1.165) is 5.56 Å². The van der Waals surface area contributed by atoms with Crippen LogP contribution in [0.2, 0.25) is 5.02 Å². The van der Waals surface area contributed by atoms with Gasteiger partial charge in [-0.05, 0) is 48.4 Å². The Bertz CT molecular complexity index is 828. The third kappa shape index (κ3) is 6.98. The van der Waals surface area contributed by atoms with Crippen molar-refractivity contribution in [2.24, 2.45) is 0 Å². The van der Waals surface area contributed by atoms with Crippen molar-refractivity contribution in [3.8, 4) is 0 Å².